The third-order valence-corrected chi connectivity index (χ3v) is 4.55. The molecule has 0 radical (unpaired) electrons. The number of hydrogen-bond donors (Lipinski definition) is 1. The topological polar surface area (TPSA) is 57.7 Å². The molecule has 23 heavy (non-hydrogen) atoms. The first-order valence-corrected chi connectivity index (χ1v) is 8.43. The summed E-state index contributed by atoms with van der Waals surface area (Å²) in [5.41, 5.74) is 2.04. The molecule has 1 aliphatic heterocycles. The SMILES string of the molecule is COCc1csc(NC(=O)N2CCN(c3ccccc3)CC2)n1. The molecule has 3 rings (SSSR count). The Morgan fingerprint density at radius 2 is 2.00 bits per heavy atom. The number of carbonyl (C=O) groups excluding carboxylic acids is 1. The van der Waals surface area contributed by atoms with Crippen LogP contribution in [-0.4, -0.2) is 49.2 Å². The third kappa shape index (κ3) is 4.00. The largest absolute Gasteiger partial charge is 0.378 e. The smallest absolute Gasteiger partial charge is 0.323 e. The highest BCUT2D eigenvalue weighted by molar-refractivity contribution is 7.13. The predicted molar refractivity (Wildman–Crippen MR) is 92.1 cm³/mol. The normalized spacial score (nSPS) is 14.8. The van der Waals surface area contributed by atoms with Crippen LogP contribution in [-0.2, 0) is 11.3 Å². The van der Waals surface area contributed by atoms with E-state index in [9.17, 15) is 4.79 Å². The van der Waals surface area contributed by atoms with Gasteiger partial charge in [0.15, 0.2) is 5.13 Å². The van der Waals surface area contributed by atoms with Crippen molar-refractivity contribution in [2.45, 2.75) is 6.61 Å². The van der Waals surface area contributed by atoms with E-state index in [0.717, 1.165) is 18.8 Å². The minimum atomic E-state index is -0.0870. The molecule has 0 aliphatic carbocycles. The van der Waals surface area contributed by atoms with Crippen LogP contribution in [0.4, 0.5) is 15.6 Å². The van der Waals surface area contributed by atoms with Gasteiger partial charge in [0.1, 0.15) is 0 Å². The van der Waals surface area contributed by atoms with E-state index in [1.54, 1.807) is 7.11 Å². The molecule has 1 N–H and O–H groups in total. The highest BCUT2D eigenvalue weighted by Crippen LogP contribution is 2.18. The molecule has 0 bridgehead atoms. The van der Waals surface area contributed by atoms with Gasteiger partial charge < -0.3 is 14.5 Å². The third-order valence-electron chi connectivity index (χ3n) is 3.75. The number of carbonyl (C=O) groups is 1. The summed E-state index contributed by atoms with van der Waals surface area (Å²) in [5, 5.41) is 5.38. The zero-order valence-corrected chi connectivity index (χ0v) is 13.9. The average molecular weight is 332 g/mol. The number of ether oxygens (including phenoxy) is 1. The van der Waals surface area contributed by atoms with Crippen molar-refractivity contribution < 1.29 is 9.53 Å². The number of hydrogen-bond acceptors (Lipinski definition) is 5. The van der Waals surface area contributed by atoms with Gasteiger partial charge in [-0.05, 0) is 12.1 Å². The van der Waals surface area contributed by atoms with Crippen LogP contribution in [0, 0.1) is 0 Å². The number of nitrogens with zero attached hydrogens (tertiary/aromatic N) is 3. The summed E-state index contributed by atoms with van der Waals surface area (Å²) < 4.78 is 5.03. The Morgan fingerprint density at radius 3 is 2.70 bits per heavy atom. The van der Waals surface area contributed by atoms with Gasteiger partial charge in [0.05, 0.1) is 12.3 Å². The van der Waals surface area contributed by atoms with Crippen molar-refractivity contribution >= 4 is 28.2 Å². The molecule has 1 saturated heterocycles. The summed E-state index contributed by atoms with van der Waals surface area (Å²) in [6.07, 6.45) is 0. The molecular weight excluding hydrogens is 312 g/mol. The number of anilines is 2. The van der Waals surface area contributed by atoms with Crippen molar-refractivity contribution in [3.05, 3.63) is 41.4 Å². The van der Waals surface area contributed by atoms with Crippen LogP contribution in [0.5, 0.6) is 0 Å². The average Bonchev–Trinajstić information content (AvgIpc) is 3.03. The molecule has 2 heterocycles. The summed E-state index contributed by atoms with van der Waals surface area (Å²) in [5.74, 6) is 0. The van der Waals surface area contributed by atoms with Gasteiger partial charge in [-0.25, -0.2) is 9.78 Å². The number of thiazole rings is 1. The van der Waals surface area contributed by atoms with E-state index in [1.165, 1.54) is 17.0 Å². The monoisotopic (exact) mass is 332 g/mol. The molecule has 0 spiro atoms. The number of benzene rings is 1. The first-order chi connectivity index (χ1) is 11.3. The van der Waals surface area contributed by atoms with E-state index < -0.39 is 0 Å². The molecular formula is C16H20N4O2S. The van der Waals surface area contributed by atoms with Crippen molar-refractivity contribution in [2.24, 2.45) is 0 Å². The maximum absolute atomic E-state index is 12.3. The highest BCUT2D eigenvalue weighted by Gasteiger charge is 2.21. The minimum absolute atomic E-state index is 0.0870. The van der Waals surface area contributed by atoms with Gasteiger partial charge in [-0.2, -0.15) is 0 Å². The van der Waals surface area contributed by atoms with E-state index in [2.05, 4.69) is 27.3 Å². The Hall–Kier alpha value is -2.12. The quantitative estimate of drug-likeness (QED) is 0.935. The molecule has 1 aliphatic rings. The van der Waals surface area contributed by atoms with Gasteiger partial charge in [0.2, 0.25) is 0 Å². The number of urea groups is 1. The zero-order valence-electron chi connectivity index (χ0n) is 13.1. The lowest BCUT2D eigenvalue weighted by molar-refractivity contribution is 0.182. The van der Waals surface area contributed by atoms with Crippen LogP contribution in [0.2, 0.25) is 0 Å². The van der Waals surface area contributed by atoms with E-state index in [1.807, 2.05) is 28.5 Å². The molecule has 6 nitrogen and oxygen atoms in total. The molecule has 2 amide bonds. The van der Waals surface area contributed by atoms with E-state index in [0.29, 0.717) is 24.8 Å². The summed E-state index contributed by atoms with van der Waals surface area (Å²) in [6.45, 7) is 3.55. The van der Waals surface area contributed by atoms with Gasteiger partial charge in [0, 0.05) is 44.4 Å². The maximum atomic E-state index is 12.3. The first-order valence-electron chi connectivity index (χ1n) is 7.55. The fraction of sp³-hybridized carbons (Fsp3) is 0.375. The Kier molecular flexibility index (Phi) is 5.09. The fourth-order valence-electron chi connectivity index (χ4n) is 2.56. The van der Waals surface area contributed by atoms with Crippen LogP contribution >= 0.6 is 11.3 Å². The first kappa shape index (κ1) is 15.8. The number of nitrogens with one attached hydrogen (secondary N) is 1. The zero-order chi connectivity index (χ0) is 16.1. The maximum Gasteiger partial charge on any atom is 0.323 e. The van der Waals surface area contributed by atoms with Gasteiger partial charge in [-0.15, -0.1) is 11.3 Å². The molecule has 0 saturated carbocycles. The standard InChI is InChI=1S/C16H20N4O2S/c1-22-11-13-12-23-15(17-13)18-16(21)20-9-7-19(8-10-20)14-5-3-2-4-6-14/h2-6,12H,7-11H2,1H3,(H,17,18,21). The number of rotatable bonds is 4. The summed E-state index contributed by atoms with van der Waals surface area (Å²) in [4.78, 5) is 20.8. The fourth-order valence-corrected chi connectivity index (χ4v) is 3.24. The number of methoxy groups -OCH3 is 1. The molecule has 1 aromatic carbocycles. The highest BCUT2D eigenvalue weighted by atomic mass is 32.1. The van der Waals surface area contributed by atoms with Crippen molar-refractivity contribution in [2.75, 3.05) is 43.5 Å². The minimum Gasteiger partial charge on any atom is -0.378 e. The summed E-state index contributed by atoms with van der Waals surface area (Å²) >= 11 is 1.42. The van der Waals surface area contributed by atoms with Gasteiger partial charge in [-0.1, -0.05) is 18.2 Å². The van der Waals surface area contributed by atoms with E-state index in [4.69, 9.17) is 4.74 Å². The summed E-state index contributed by atoms with van der Waals surface area (Å²) in [7, 11) is 1.63. The lowest BCUT2D eigenvalue weighted by Crippen LogP contribution is -2.50. The van der Waals surface area contributed by atoms with E-state index >= 15 is 0 Å². The van der Waals surface area contributed by atoms with Crippen LogP contribution in [0.15, 0.2) is 35.7 Å². The number of piperazine rings is 1. The van der Waals surface area contributed by atoms with Crippen molar-refractivity contribution in [1.82, 2.24) is 9.88 Å². The molecule has 0 unspecified atom stereocenters. The number of para-hydroxylation sites is 1. The molecule has 1 aromatic heterocycles. The predicted octanol–water partition coefficient (Wildman–Crippen LogP) is 2.64. The van der Waals surface area contributed by atoms with E-state index in [-0.39, 0.29) is 6.03 Å². The lowest BCUT2D eigenvalue weighted by Gasteiger charge is -2.35. The molecule has 2 aromatic rings. The molecule has 122 valence electrons. The number of aromatic nitrogens is 1. The Balaban J connectivity index is 1.51. The van der Waals surface area contributed by atoms with Gasteiger partial charge >= 0.3 is 6.03 Å². The lowest BCUT2D eigenvalue weighted by atomic mass is 10.2. The second kappa shape index (κ2) is 7.43. The van der Waals surface area contributed by atoms with Crippen molar-refractivity contribution in [1.29, 1.82) is 0 Å². The van der Waals surface area contributed by atoms with Crippen molar-refractivity contribution in [3.8, 4) is 0 Å². The molecule has 0 atom stereocenters. The number of amides is 2. The Labute approximate surface area is 139 Å². The van der Waals surface area contributed by atoms with Crippen molar-refractivity contribution in [3.63, 3.8) is 0 Å². The van der Waals surface area contributed by atoms with Crippen LogP contribution in [0.3, 0.4) is 0 Å². The van der Waals surface area contributed by atoms with Crippen LogP contribution in [0.25, 0.3) is 0 Å². The van der Waals surface area contributed by atoms with Crippen LogP contribution < -0.4 is 10.2 Å². The van der Waals surface area contributed by atoms with Gasteiger partial charge in [0.25, 0.3) is 0 Å². The second-order valence-electron chi connectivity index (χ2n) is 5.32. The summed E-state index contributed by atoms with van der Waals surface area (Å²) in [6, 6.07) is 10.2. The Morgan fingerprint density at radius 1 is 1.26 bits per heavy atom. The van der Waals surface area contributed by atoms with Crippen LogP contribution in [0.1, 0.15) is 5.69 Å². The van der Waals surface area contributed by atoms with Gasteiger partial charge in [-0.3, -0.25) is 5.32 Å². The Bertz CT molecular complexity index is 639. The second-order valence-corrected chi connectivity index (χ2v) is 6.17. The molecule has 1 fully saturated rings. The molecule has 7 heteroatoms.